The molecule has 41 heavy (non-hydrogen) atoms. The quantitative estimate of drug-likeness (QED) is 0.440. The number of aromatic nitrogens is 3. The number of hydrogen-bond acceptors (Lipinski definition) is 6. The van der Waals surface area contributed by atoms with Gasteiger partial charge in [-0.1, -0.05) is 6.07 Å². The van der Waals surface area contributed by atoms with Gasteiger partial charge in [0.1, 0.15) is 0 Å². The van der Waals surface area contributed by atoms with Gasteiger partial charge in [0.25, 0.3) is 5.91 Å². The Morgan fingerprint density at radius 3 is 2.44 bits per heavy atom. The number of anilines is 2. The van der Waals surface area contributed by atoms with Crippen LogP contribution < -0.4 is 4.90 Å². The fourth-order valence-electron chi connectivity index (χ4n) is 6.74. The van der Waals surface area contributed by atoms with E-state index >= 15 is 0 Å². The van der Waals surface area contributed by atoms with Gasteiger partial charge in [-0.2, -0.15) is 0 Å². The van der Waals surface area contributed by atoms with Crippen LogP contribution in [0.1, 0.15) is 80.3 Å². The van der Waals surface area contributed by atoms with E-state index in [4.69, 9.17) is 9.97 Å². The van der Waals surface area contributed by atoms with Gasteiger partial charge < -0.3 is 14.9 Å². The number of amides is 2. The average molecular weight is 553 g/mol. The summed E-state index contributed by atoms with van der Waals surface area (Å²) in [4.78, 5) is 45.1. The second-order valence-corrected chi connectivity index (χ2v) is 13.1. The first-order valence-corrected chi connectivity index (χ1v) is 14.6. The molecule has 2 aromatic heterocycles. The van der Waals surface area contributed by atoms with Crippen LogP contribution in [0.2, 0.25) is 0 Å². The highest BCUT2D eigenvalue weighted by Gasteiger charge is 2.52. The minimum absolute atomic E-state index is 0.0656. The zero-order valence-corrected chi connectivity index (χ0v) is 23.9. The molecule has 3 aromatic rings. The van der Waals surface area contributed by atoms with E-state index in [1.807, 2.05) is 51.5 Å². The van der Waals surface area contributed by atoms with Crippen molar-refractivity contribution in [1.29, 1.82) is 0 Å². The van der Waals surface area contributed by atoms with Gasteiger partial charge in [-0.05, 0) is 94.2 Å². The SMILES string of the molecule is CC(C)(C)N(C(=O)O)C1CCN(C(=O)c2ccc3c(c2)N(c2ncc(-c4cc(C5CC5)ccn4)cn2)CC32CC2)C1. The fraction of sp³-hybridized carbons (Fsp3) is 0.469. The Hall–Kier alpha value is -4.01. The molecule has 1 spiro atoms. The second-order valence-electron chi connectivity index (χ2n) is 13.1. The van der Waals surface area contributed by atoms with E-state index in [1.54, 1.807) is 4.90 Å². The van der Waals surface area contributed by atoms with E-state index in [2.05, 4.69) is 28.1 Å². The first-order chi connectivity index (χ1) is 19.6. The number of rotatable bonds is 5. The predicted molar refractivity (Wildman–Crippen MR) is 156 cm³/mol. The third kappa shape index (κ3) is 4.61. The molecular formula is C32H36N6O3. The van der Waals surface area contributed by atoms with Crippen molar-refractivity contribution >= 4 is 23.6 Å². The van der Waals surface area contributed by atoms with Crippen molar-refractivity contribution in [1.82, 2.24) is 24.8 Å². The molecule has 212 valence electrons. The number of nitrogens with zero attached hydrogens (tertiary/aromatic N) is 6. The van der Waals surface area contributed by atoms with Gasteiger partial charge in [0.05, 0.1) is 11.7 Å². The van der Waals surface area contributed by atoms with Crippen LogP contribution in [0.15, 0.2) is 48.9 Å². The molecule has 3 fully saturated rings. The molecule has 2 aliphatic heterocycles. The van der Waals surface area contributed by atoms with Crippen LogP contribution >= 0.6 is 0 Å². The minimum atomic E-state index is -0.947. The smallest absolute Gasteiger partial charge is 0.408 e. The molecule has 1 N–H and O–H groups in total. The largest absolute Gasteiger partial charge is 0.465 e. The molecular weight excluding hydrogens is 516 g/mol. The number of hydrogen-bond donors (Lipinski definition) is 1. The molecule has 7 rings (SSSR count). The third-order valence-electron chi connectivity index (χ3n) is 9.17. The van der Waals surface area contributed by atoms with Gasteiger partial charge in [-0.3, -0.25) is 14.7 Å². The predicted octanol–water partition coefficient (Wildman–Crippen LogP) is 5.59. The van der Waals surface area contributed by atoms with Gasteiger partial charge in [-0.15, -0.1) is 0 Å². The molecule has 9 heteroatoms. The number of fused-ring (bicyclic) bond motifs is 2. The number of carbonyl (C=O) groups is 2. The number of benzene rings is 1. The van der Waals surface area contributed by atoms with Crippen LogP contribution in [0.3, 0.4) is 0 Å². The molecule has 1 saturated heterocycles. The Morgan fingerprint density at radius 1 is 1.02 bits per heavy atom. The van der Waals surface area contributed by atoms with Crippen molar-refractivity contribution in [2.24, 2.45) is 0 Å². The summed E-state index contributed by atoms with van der Waals surface area (Å²) in [7, 11) is 0. The van der Waals surface area contributed by atoms with Crippen molar-refractivity contribution in [3.05, 3.63) is 65.6 Å². The van der Waals surface area contributed by atoms with Crippen LogP contribution in [-0.4, -0.2) is 73.1 Å². The minimum Gasteiger partial charge on any atom is -0.465 e. The molecule has 4 heterocycles. The Kier molecular flexibility index (Phi) is 5.85. The van der Waals surface area contributed by atoms with E-state index < -0.39 is 11.6 Å². The highest BCUT2D eigenvalue weighted by Crippen LogP contribution is 2.57. The summed E-state index contributed by atoms with van der Waals surface area (Å²) in [5.41, 5.74) is 5.56. The highest BCUT2D eigenvalue weighted by atomic mass is 16.4. The van der Waals surface area contributed by atoms with Crippen molar-refractivity contribution in [2.75, 3.05) is 24.5 Å². The zero-order valence-electron chi connectivity index (χ0n) is 23.9. The lowest BCUT2D eigenvalue weighted by molar-refractivity contribution is 0.0649. The molecule has 4 aliphatic rings. The maximum absolute atomic E-state index is 13.6. The number of carbonyl (C=O) groups excluding carboxylic acids is 1. The van der Waals surface area contributed by atoms with Crippen LogP contribution in [0.5, 0.6) is 0 Å². The lowest BCUT2D eigenvalue weighted by Crippen LogP contribution is -2.52. The lowest BCUT2D eigenvalue weighted by Gasteiger charge is -2.37. The van der Waals surface area contributed by atoms with Crippen molar-refractivity contribution in [2.45, 2.75) is 75.8 Å². The first-order valence-electron chi connectivity index (χ1n) is 14.6. The molecule has 0 bridgehead atoms. The van der Waals surface area contributed by atoms with Crippen molar-refractivity contribution < 1.29 is 14.7 Å². The summed E-state index contributed by atoms with van der Waals surface area (Å²) in [5.74, 6) is 1.22. The summed E-state index contributed by atoms with van der Waals surface area (Å²) < 4.78 is 0. The maximum atomic E-state index is 13.6. The van der Waals surface area contributed by atoms with E-state index in [-0.39, 0.29) is 17.4 Å². The molecule has 0 radical (unpaired) electrons. The standard InChI is InChI=1S/C32H36N6O3/c1-31(2,3)38(30(40)41)24-9-13-36(18-24)28(39)22-6-7-25-27(15-22)37(19-32(25)10-11-32)29-34-16-23(17-35-29)26-14-21(8-12-33-26)20-4-5-20/h6-8,12,14-17,20,24H,4-5,9-11,13,18-19H2,1-3H3,(H,40,41). The lowest BCUT2D eigenvalue weighted by atomic mass is 9.97. The van der Waals surface area contributed by atoms with Crippen molar-refractivity contribution in [3.8, 4) is 11.3 Å². The van der Waals surface area contributed by atoms with Crippen LogP contribution in [0.4, 0.5) is 16.4 Å². The van der Waals surface area contributed by atoms with Gasteiger partial charge >= 0.3 is 6.09 Å². The van der Waals surface area contributed by atoms with Crippen LogP contribution in [0.25, 0.3) is 11.3 Å². The Balaban J connectivity index is 1.13. The molecule has 2 amide bonds. The summed E-state index contributed by atoms with van der Waals surface area (Å²) in [6, 6.07) is 10.0. The van der Waals surface area contributed by atoms with Gasteiger partial charge in [0.15, 0.2) is 0 Å². The normalized spacial score (nSPS) is 20.8. The summed E-state index contributed by atoms with van der Waals surface area (Å²) in [6.07, 6.45) is 9.98. The molecule has 9 nitrogen and oxygen atoms in total. The number of carboxylic acid groups (broad SMARTS) is 1. The number of pyridine rings is 1. The Morgan fingerprint density at radius 2 is 1.78 bits per heavy atom. The van der Waals surface area contributed by atoms with E-state index in [0.29, 0.717) is 36.9 Å². The van der Waals surface area contributed by atoms with Gasteiger partial charge in [0.2, 0.25) is 5.95 Å². The summed E-state index contributed by atoms with van der Waals surface area (Å²) in [5, 5.41) is 9.83. The van der Waals surface area contributed by atoms with E-state index in [0.717, 1.165) is 36.3 Å². The third-order valence-corrected chi connectivity index (χ3v) is 9.17. The zero-order chi connectivity index (χ0) is 28.5. The summed E-state index contributed by atoms with van der Waals surface area (Å²) in [6.45, 7) is 7.42. The van der Waals surface area contributed by atoms with Gasteiger partial charge in [0, 0.05) is 66.0 Å². The van der Waals surface area contributed by atoms with Gasteiger partial charge in [-0.25, -0.2) is 14.8 Å². The molecule has 1 aromatic carbocycles. The molecule has 2 saturated carbocycles. The Bertz CT molecular complexity index is 1520. The second kappa shape index (κ2) is 9.26. The van der Waals surface area contributed by atoms with E-state index in [9.17, 15) is 14.7 Å². The van der Waals surface area contributed by atoms with E-state index in [1.165, 1.54) is 28.9 Å². The van der Waals surface area contributed by atoms with Crippen LogP contribution in [0, 0.1) is 0 Å². The highest BCUT2D eigenvalue weighted by molar-refractivity contribution is 5.96. The van der Waals surface area contributed by atoms with Crippen molar-refractivity contribution in [3.63, 3.8) is 0 Å². The molecule has 2 aliphatic carbocycles. The molecule has 1 unspecified atom stereocenters. The average Bonchev–Trinajstić information content (AvgIpc) is 3.87. The maximum Gasteiger partial charge on any atom is 0.408 e. The monoisotopic (exact) mass is 552 g/mol. The topological polar surface area (TPSA) is 103 Å². The number of likely N-dealkylation sites (tertiary alicyclic amines) is 1. The molecule has 1 atom stereocenters. The Labute approximate surface area is 240 Å². The fourth-order valence-corrected chi connectivity index (χ4v) is 6.74. The van der Waals surface area contributed by atoms with Crippen LogP contribution in [-0.2, 0) is 5.41 Å². The summed E-state index contributed by atoms with van der Waals surface area (Å²) >= 11 is 0. The first kappa shape index (κ1) is 25.9.